The zero-order chi connectivity index (χ0) is 22.0. The summed E-state index contributed by atoms with van der Waals surface area (Å²) in [6.45, 7) is 0.717. The Kier molecular flexibility index (Phi) is 6.30. The van der Waals surface area contributed by atoms with Crippen LogP contribution in [0, 0.1) is 0 Å². The second-order valence-corrected chi connectivity index (χ2v) is 7.32. The molecule has 1 saturated heterocycles. The van der Waals surface area contributed by atoms with Gasteiger partial charge in [-0.05, 0) is 25.5 Å². The predicted octanol–water partition coefficient (Wildman–Crippen LogP) is 0.200. The maximum atomic E-state index is 12.9. The van der Waals surface area contributed by atoms with Gasteiger partial charge in [-0.2, -0.15) is 0 Å². The Bertz CT molecular complexity index is 913. The molecule has 11 heteroatoms. The smallest absolute Gasteiger partial charge is 0.330 e. The van der Waals surface area contributed by atoms with Crippen molar-refractivity contribution in [2.24, 2.45) is 0 Å². The number of carbonyl (C=O) groups excluding carboxylic acids is 6. The van der Waals surface area contributed by atoms with Crippen molar-refractivity contribution in [2.75, 3.05) is 12.1 Å². The normalized spacial score (nSPS) is 19.6. The van der Waals surface area contributed by atoms with E-state index in [9.17, 15) is 28.8 Å². The molecule has 0 aromatic heterocycles. The van der Waals surface area contributed by atoms with Crippen LogP contribution in [0.1, 0.15) is 40.5 Å². The highest BCUT2D eigenvalue weighted by Gasteiger charge is 2.47. The number of esters is 1. The molecule has 1 aromatic rings. The fraction of sp³-hybridized carbons (Fsp3) is 0.368. The number of hydrogen-bond acceptors (Lipinski definition) is 7. The standard InChI is InChI=1S/C19H18BrN3O7/c1-10(21-14(24)8-20)19(29)30-9-22-15(25)7-6-13(18(22)28)23-16(26)11-4-2-3-5-12(11)17(23)27/h2-5,10,13H,6-9H2,1H3,(H,21,24). The minimum atomic E-state index is -1.17. The Morgan fingerprint density at radius 2 is 1.77 bits per heavy atom. The van der Waals surface area contributed by atoms with Gasteiger partial charge < -0.3 is 10.1 Å². The van der Waals surface area contributed by atoms with Crippen LogP contribution in [0.15, 0.2) is 24.3 Å². The van der Waals surface area contributed by atoms with Gasteiger partial charge in [0.05, 0.1) is 16.5 Å². The molecule has 1 aromatic carbocycles. The number of imide groups is 2. The van der Waals surface area contributed by atoms with Gasteiger partial charge in [-0.3, -0.25) is 28.9 Å². The number of nitrogens with zero attached hydrogens (tertiary/aromatic N) is 2. The highest BCUT2D eigenvalue weighted by Crippen LogP contribution is 2.28. The lowest BCUT2D eigenvalue weighted by Crippen LogP contribution is -2.56. The van der Waals surface area contributed by atoms with Crippen LogP contribution in [0.3, 0.4) is 0 Å². The van der Waals surface area contributed by atoms with Crippen LogP contribution in [0.4, 0.5) is 0 Å². The number of benzene rings is 1. The zero-order valence-electron chi connectivity index (χ0n) is 15.9. The lowest BCUT2D eigenvalue weighted by Gasteiger charge is -2.34. The van der Waals surface area contributed by atoms with Gasteiger partial charge in [-0.15, -0.1) is 0 Å². The quantitative estimate of drug-likeness (QED) is 0.350. The van der Waals surface area contributed by atoms with Gasteiger partial charge in [-0.1, -0.05) is 28.1 Å². The van der Waals surface area contributed by atoms with Gasteiger partial charge in [0.2, 0.25) is 11.8 Å². The summed E-state index contributed by atoms with van der Waals surface area (Å²) in [5.41, 5.74) is 0.392. The summed E-state index contributed by atoms with van der Waals surface area (Å²) in [4.78, 5) is 75.3. The first kappa shape index (κ1) is 21.6. The van der Waals surface area contributed by atoms with E-state index in [0.29, 0.717) is 4.90 Å². The summed E-state index contributed by atoms with van der Waals surface area (Å²) >= 11 is 2.95. The van der Waals surface area contributed by atoms with Crippen molar-refractivity contribution in [1.29, 1.82) is 0 Å². The average molecular weight is 480 g/mol. The molecule has 1 fully saturated rings. The summed E-state index contributed by atoms with van der Waals surface area (Å²) in [6, 6.07) is 4.06. The van der Waals surface area contributed by atoms with Crippen LogP contribution >= 0.6 is 15.9 Å². The number of nitrogens with one attached hydrogen (secondary N) is 1. The number of halogens is 1. The Morgan fingerprint density at radius 1 is 1.17 bits per heavy atom. The fourth-order valence-corrected chi connectivity index (χ4v) is 3.44. The van der Waals surface area contributed by atoms with Gasteiger partial charge in [-0.25, -0.2) is 9.69 Å². The molecule has 30 heavy (non-hydrogen) atoms. The minimum absolute atomic E-state index is 0.00429. The second-order valence-electron chi connectivity index (χ2n) is 6.76. The third kappa shape index (κ3) is 3.97. The topological polar surface area (TPSA) is 130 Å². The number of fused-ring (bicyclic) bond motifs is 1. The largest absolute Gasteiger partial charge is 0.442 e. The van der Waals surface area contributed by atoms with Crippen molar-refractivity contribution in [1.82, 2.24) is 15.1 Å². The number of ether oxygens (including phenoxy) is 1. The molecule has 5 amide bonds. The first-order chi connectivity index (χ1) is 14.3. The molecule has 0 aliphatic carbocycles. The molecule has 2 heterocycles. The van der Waals surface area contributed by atoms with E-state index in [1.807, 2.05) is 0 Å². The van der Waals surface area contributed by atoms with Crippen LogP contribution in [0.25, 0.3) is 0 Å². The molecule has 3 rings (SSSR count). The summed E-state index contributed by atoms with van der Waals surface area (Å²) in [7, 11) is 0. The van der Waals surface area contributed by atoms with Crippen molar-refractivity contribution in [3.8, 4) is 0 Å². The third-order valence-corrected chi connectivity index (χ3v) is 5.32. The van der Waals surface area contributed by atoms with Crippen molar-refractivity contribution >= 4 is 51.4 Å². The van der Waals surface area contributed by atoms with Crippen molar-refractivity contribution < 1.29 is 33.5 Å². The average Bonchev–Trinajstić information content (AvgIpc) is 2.98. The molecule has 2 aliphatic rings. The number of piperidine rings is 1. The van der Waals surface area contributed by atoms with E-state index in [0.717, 1.165) is 4.90 Å². The molecule has 1 N–H and O–H groups in total. The van der Waals surface area contributed by atoms with E-state index in [-0.39, 0.29) is 29.3 Å². The lowest BCUT2D eigenvalue weighted by molar-refractivity contribution is -0.165. The van der Waals surface area contributed by atoms with Gasteiger partial charge in [0, 0.05) is 6.42 Å². The summed E-state index contributed by atoms with van der Waals surface area (Å²) < 4.78 is 4.98. The van der Waals surface area contributed by atoms with Gasteiger partial charge in [0.1, 0.15) is 12.1 Å². The summed E-state index contributed by atoms with van der Waals surface area (Å²) in [6.07, 6.45) is -0.109. The highest BCUT2D eigenvalue weighted by molar-refractivity contribution is 9.09. The molecule has 2 aliphatic heterocycles. The van der Waals surface area contributed by atoms with E-state index in [1.54, 1.807) is 12.1 Å². The first-order valence-corrected chi connectivity index (χ1v) is 10.2. The van der Waals surface area contributed by atoms with Gasteiger partial charge in [0.15, 0.2) is 6.73 Å². The number of likely N-dealkylation sites (tertiary alicyclic amines) is 1. The number of rotatable bonds is 6. The number of carbonyl (C=O) groups is 6. The van der Waals surface area contributed by atoms with E-state index >= 15 is 0 Å². The molecule has 0 bridgehead atoms. The van der Waals surface area contributed by atoms with Crippen molar-refractivity contribution in [2.45, 2.75) is 31.8 Å². The number of amides is 5. The Morgan fingerprint density at radius 3 is 2.33 bits per heavy atom. The van der Waals surface area contributed by atoms with Crippen molar-refractivity contribution in [3.05, 3.63) is 35.4 Å². The Labute approximate surface area is 179 Å². The summed E-state index contributed by atoms with van der Waals surface area (Å²) in [5.74, 6) is -3.87. The summed E-state index contributed by atoms with van der Waals surface area (Å²) in [5, 5.41) is 2.36. The maximum Gasteiger partial charge on any atom is 0.330 e. The molecule has 0 spiro atoms. The van der Waals surface area contributed by atoms with Crippen LogP contribution < -0.4 is 5.32 Å². The second kappa shape index (κ2) is 8.74. The van der Waals surface area contributed by atoms with Crippen LogP contribution in [0.2, 0.25) is 0 Å². The molecule has 0 radical (unpaired) electrons. The molecule has 158 valence electrons. The number of alkyl halides is 1. The molecule has 2 atom stereocenters. The molecular formula is C19H18BrN3O7. The van der Waals surface area contributed by atoms with E-state index in [2.05, 4.69) is 21.2 Å². The molecular weight excluding hydrogens is 462 g/mol. The van der Waals surface area contributed by atoms with Crippen LogP contribution in [-0.2, 0) is 23.9 Å². The zero-order valence-corrected chi connectivity index (χ0v) is 17.5. The van der Waals surface area contributed by atoms with Gasteiger partial charge in [0.25, 0.3) is 17.7 Å². The maximum absolute atomic E-state index is 12.9. The molecule has 2 unspecified atom stereocenters. The Hall–Kier alpha value is -3.08. The molecule has 0 saturated carbocycles. The SMILES string of the molecule is CC(NC(=O)CBr)C(=O)OCN1C(=O)CCC(N2C(=O)c3ccccc3C2=O)C1=O. The first-order valence-electron chi connectivity index (χ1n) is 9.09. The van der Waals surface area contributed by atoms with Crippen LogP contribution in [0.5, 0.6) is 0 Å². The predicted molar refractivity (Wildman–Crippen MR) is 104 cm³/mol. The lowest BCUT2D eigenvalue weighted by atomic mass is 10.0. The van der Waals surface area contributed by atoms with E-state index < -0.39 is 54.3 Å². The van der Waals surface area contributed by atoms with E-state index in [4.69, 9.17) is 4.74 Å². The highest BCUT2D eigenvalue weighted by atomic mass is 79.9. The third-order valence-electron chi connectivity index (χ3n) is 4.81. The van der Waals surface area contributed by atoms with Crippen LogP contribution in [-0.4, -0.2) is 69.4 Å². The van der Waals surface area contributed by atoms with Crippen molar-refractivity contribution in [3.63, 3.8) is 0 Å². The van der Waals surface area contributed by atoms with E-state index in [1.165, 1.54) is 19.1 Å². The minimum Gasteiger partial charge on any atom is -0.442 e. The van der Waals surface area contributed by atoms with Gasteiger partial charge >= 0.3 is 5.97 Å². The Balaban J connectivity index is 1.70. The molecule has 10 nitrogen and oxygen atoms in total. The monoisotopic (exact) mass is 479 g/mol. The number of hydrogen-bond donors (Lipinski definition) is 1. The fourth-order valence-electron chi connectivity index (χ4n) is 3.28.